The molecule has 0 aliphatic heterocycles. The third-order valence-electron chi connectivity index (χ3n) is 2.79. The first kappa shape index (κ1) is 11.8. The van der Waals surface area contributed by atoms with Crippen LogP contribution in [-0.2, 0) is 5.79 Å². The minimum atomic E-state index is -2.07. The van der Waals surface area contributed by atoms with Crippen LogP contribution in [0.5, 0.6) is 0 Å². The van der Waals surface area contributed by atoms with Crippen LogP contribution in [0.25, 0.3) is 0 Å². The zero-order valence-corrected chi connectivity index (χ0v) is 9.32. The van der Waals surface area contributed by atoms with Gasteiger partial charge in [0.1, 0.15) is 0 Å². The first-order chi connectivity index (χ1) is 8.12. The van der Waals surface area contributed by atoms with Crippen LogP contribution in [0.1, 0.15) is 17.2 Å². The van der Waals surface area contributed by atoms with Gasteiger partial charge in [-0.3, -0.25) is 0 Å². The third kappa shape index (κ3) is 2.36. The van der Waals surface area contributed by atoms with Gasteiger partial charge in [0.25, 0.3) is 0 Å². The second kappa shape index (κ2) is 4.67. The lowest BCUT2D eigenvalue weighted by Gasteiger charge is -2.29. The summed E-state index contributed by atoms with van der Waals surface area (Å²) in [5.41, 5.74) is 6.97. The van der Waals surface area contributed by atoms with Crippen molar-refractivity contribution < 1.29 is 10.2 Å². The molecule has 0 bridgehead atoms. The first-order valence-electron chi connectivity index (χ1n) is 5.43. The molecule has 3 nitrogen and oxygen atoms in total. The van der Waals surface area contributed by atoms with Crippen molar-refractivity contribution in [3.05, 3.63) is 71.8 Å². The maximum absolute atomic E-state index is 10.1. The van der Waals surface area contributed by atoms with Gasteiger partial charge in [-0.25, -0.2) is 0 Å². The molecule has 0 saturated carbocycles. The molecule has 2 rings (SSSR count). The highest BCUT2D eigenvalue weighted by Crippen LogP contribution is 2.30. The maximum atomic E-state index is 10.1. The van der Waals surface area contributed by atoms with Gasteiger partial charge in [0.15, 0.2) is 0 Å². The van der Waals surface area contributed by atoms with E-state index >= 15 is 0 Å². The fourth-order valence-electron chi connectivity index (χ4n) is 1.76. The molecule has 0 fully saturated rings. The number of nitrogens with two attached hydrogens (primary N) is 1. The lowest BCUT2D eigenvalue weighted by Crippen LogP contribution is -2.38. The van der Waals surface area contributed by atoms with Crippen LogP contribution < -0.4 is 5.73 Å². The molecule has 2 aromatic rings. The molecule has 88 valence electrons. The standard InChI is InChI=1S/C14H15NO2/c15-13(11-7-3-1-4-8-11)14(16,17)12-9-5-2-6-10-12/h1-10,13,16-17H,15H2/t13-/m0/s1. The van der Waals surface area contributed by atoms with Gasteiger partial charge in [0.2, 0.25) is 5.79 Å². The molecule has 0 radical (unpaired) electrons. The summed E-state index contributed by atoms with van der Waals surface area (Å²) >= 11 is 0. The van der Waals surface area contributed by atoms with Gasteiger partial charge in [-0.2, -0.15) is 0 Å². The van der Waals surface area contributed by atoms with Crippen molar-refractivity contribution in [1.29, 1.82) is 0 Å². The first-order valence-corrected chi connectivity index (χ1v) is 5.43. The Balaban J connectivity index is 2.33. The van der Waals surface area contributed by atoms with Crippen molar-refractivity contribution in [2.75, 3.05) is 0 Å². The highest BCUT2D eigenvalue weighted by molar-refractivity contribution is 5.27. The molecular formula is C14H15NO2. The van der Waals surface area contributed by atoms with Crippen LogP contribution in [-0.4, -0.2) is 10.2 Å². The topological polar surface area (TPSA) is 66.5 Å². The largest absolute Gasteiger partial charge is 0.360 e. The molecule has 0 amide bonds. The van der Waals surface area contributed by atoms with Crippen LogP contribution in [0.15, 0.2) is 60.7 Å². The number of hydrogen-bond donors (Lipinski definition) is 3. The van der Waals surface area contributed by atoms with Gasteiger partial charge in [-0.1, -0.05) is 60.7 Å². The number of hydrogen-bond acceptors (Lipinski definition) is 3. The normalized spacial score (nSPS) is 13.4. The van der Waals surface area contributed by atoms with E-state index in [1.54, 1.807) is 36.4 Å². The Hall–Kier alpha value is -1.68. The van der Waals surface area contributed by atoms with Crippen molar-refractivity contribution in [2.24, 2.45) is 5.73 Å². The maximum Gasteiger partial charge on any atom is 0.209 e. The molecule has 3 heteroatoms. The van der Waals surface area contributed by atoms with Gasteiger partial charge < -0.3 is 15.9 Å². The molecule has 4 N–H and O–H groups in total. The van der Waals surface area contributed by atoms with E-state index in [1.807, 2.05) is 24.3 Å². The molecule has 17 heavy (non-hydrogen) atoms. The quantitative estimate of drug-likeness (QED) is 0.699. The summed E-state index contributed by atoms with van der Waals surface area (Å²) in [4.78, 5) is 0. The minimum absolute atomic E-state index is 0.386. The number of benzene rings is 2. The minimum Gasteiger partial charge on any atom is -0.360 e. The second-order valence-corrected chi connectivity index (χ2v) is 3.98. The van der Waals surface area contributed by atoms with Gasteiger partial charge >= 0.3 is 0 Å². The van der Waals surface area contributed by atoms with Crippen molar-refractivity contribution in [2.45, 2.75) is 11.8 Å². The number of rotatable bonds is 3. The SMILES string of the molecule is N[C@@H](c1ccccc1)C(O)(O)c1ccccc1. The molecule has 0 heterocycles. The molecule has 1 atom stereocenters. The van der Waals surface area contributed by atoms with Gasteiger partial charge in [0.05, 0.1) is 6.04 Å². The predicted octanol–water partition coefficient (Wildman–Crippen LogP) is 1.52. The van der Waals surface area contributed by atoms with Crippen molar-refractivity contribution in [3.63, 3.8) is 0 Å². The summed E-state index contributed by atoms with van der Waals surface area (Å²) in [5.74, 6) is -2.07. The molecule has 0 aliphatic carbocycles. The average Bonchev–Trinajstić information content (AvgIpc) is 2.40. The Morgan fingerprint density at radius 1 is 0.824 bits per heavy atom. The fraction of sp³-hybridized carbons (Fsp3) is 0.143. The van der Waals surface area contributed by atoms with Crippen LogP contribution in [0.2, 0.25) is 0 Å². The van der Waals surface area contributed by atoms with Crippen molar-refractivity contribution in [3.8, 4) is 0 Å². The smallest absolute Gasteiger partial charge is 0.209 e. The Labute approximate surface area is 100 Å². The Morgan fingerprint density at radius 2 is 1.29 bits per heavy atom. The Morgan fingerprint density at radius 3 is 1.82 bits per heavy atom. The van der Waals surface area contributed by atoms with Crippen LogP contribution in [0, 0.1) is 0 Å². The van der Waals surface area contributed by atoms with Gasteiger partial charge in [-0.05, 0) is 5.56 Å². The third-order valence-corrected chi connectivity index (χ3v) is 2.79. The Bertz CT molecular complexity index is 468. The van der Waals surface area contributed by atoms with E-state index in [9.17, 15) is 10.2 Å². The zero-order valence-electron chi connectivity index (χ0n) is 9.32. The van der Waals surface area contributed by atoms with E-state index in [0.717, 1.165) is 0 Å². The lowest BCUT2D eigenvalue weighted by molar-refractivity contribution is -0.187. The summed E-state index contributed by atoms with van der Waals surface area (Å²) < 4.78 is 0. The van der Waals surface area contributed by atoms with E-state index in [1.165, 1.54) is 0 Å². The van der Waals surface area contributed by atoms with Crippen LogP contribution in [0.4, 0.5) is 0 Å². The molecule has 0 aromatic heterocycles. The van der Waals surface area contributed by atoms with Crippen molar-refractivity contribution in [1.82, 2.24) is 0 Å². The summed E-state index contributed by atoms with van der Waals surface area (Å²) in [5, 5.41) is 20.3. The second-order valence-electron chi connectivity index (χ2n) is 3.98. The summed E-state index contributed by atoms with van der Waals surface area (Å²) in [6.45, 7) is 0. The summed E-state index contributed by atoms with van der Waals surface area (Å²) in [7, 11) is 0. The molecule has 0 aliphatic rings. The van der Waals surface area contributed by atoms with E-state index in [4.69, 9.17) is 5.73 Å². The van der Waals surface area contributed by atoms with Crippen LogP contribution in [0.3, 0.4) is 0 Å². The summed E-state index contributed by atoms with van der Waals surface area (Å²) in [6, 6.07) is 16.7. The lowest BCUT2D eigenvalue weighted by atomic mass is 9.93. The van der Waals surface area contributed by atoms with Crippen molar-refractivity contribution >= 4 is 0 Å². The number of aliphatic hydroxyl groups is 2. The molecule has 0 spiro atoms. The van der Waals surface area contributed by atoms with E-state index in [-0.39, 0.29) is 0 Å². The van der Waals surface area contributed by atoms with Gasteiger partial charge in [0, 0.05) is 5.56 Å². The van der Waals surface area contributed by atoms with E-state index in [2.05, 4.69) is 0 Å². The van der Waals surface area contributed by atoms with E-state index in [0.29, 0.717) is 11.1 Å². The summed E-state index contributed by atoms with van der Waals surface area (Å²) in [6.07, 6.45) is 0. The predicted molar refractivity (Wildman–Crippen MR) is 65.9 cm³/mol. The highest BCUT2D eigenvalue weighted by atomic mass is 16.5. The highest BCUT2D eigenvalue weighted by Gasteiger charge is 2.34. The molecule has 2 aromatic carbocycles. The zero-order chi connectivity index (χ0) is 12.3. The Kier molecular flexibility index (Phi) is 3.24. The molecule has 0 unspecified atom stereocenters. The van der Waals surface area contributed by atoms with Gasteiger partial charge in [-0.15, -0.1) is 0 Å². The fourth-order valence-corrected chi connectivity index (χ4v) is 1.76. The average molecular weight is 229 g/mol. The molecule has 0 saturated heterocycles. The van der Waals surface area contributed by atoms with E-state index < -0.39 is 11.8 Å². The monoisotopic (exact) mass is 229 g/mol. The van der Waals surface area contributed by atoms with Crippen LogP contribution >= 0.6 is 0 Å². The molecular weight excluding hydrogens is 214 g/mol.